The number of benzene rings is 1. The average Bonchev–Trinajstić information content (AvgIpc) is 3.52. The predicted molar refractivity (Wildman–Crippen MR) is 114 cm³/mol. The van der Waals surface area contributed by atoms with E-state index in [1.807, 2.05) is 46.3 Å². The molecule has 2 aromatic heterocycles. The summed E-state index contributed by atoms with van der Waals surface area (Å²) in [6.45, 7) is 1.34. The van der Waals surface area contributed by atoms with E-state index in [0.29, 0.717) is 11.7 Å². The second-order valence-electron chi connectivity index (χ2n) is 6.52. The number of carbonyl (C=O) groups excluding carboxylic acids is 1. The molecule has 1 aliphatic rings. The van der Waals surface area contributed by atoms with Gasteiger partial charge < -0.3 is 14.8 Å². The van der Waals surface area contributed by atoms with Crippen LogP contribution >= 0.6 is 23.1 Å². The molecule has 7 nitrogen and oxygen atoms in total. The SMILES string of the molecule is COc1ccccc1-n1c(SCC(=O)NCC2CCCO2)nnc1-c1cccs1. The van der Waals surface area contributed by atoms with Crippen LogP contribution in [0.25, 0.3) is 16.4 Å². The van der Waals surface area contributed by atoms with Gasteiger partial charge in [0, 0.05) is 13.2 Å². The van der Waals surface area contributed by atoms with Gasteiger partial charge in [-0.1, -0.05) is 30.0 Å². The number of nitrogens with zero attached hydrogens (tertiary/aromatic N) is 3. The van der Waals surface area contributed by atoms with Crippen molar-refractivity contribution in [1.82, 2.24) is 20.1 Å². The maximum Gasteiger partial charge on any atom is 0.230 e. The largest absolute Gasteiger partial charge is 0.495 e. The van der Waals surface area contributed by atoms with Gasteiger partial charge in [-0.05, 0) is 36.4 Å². The molecule has 29 heavy (non-hydrogen) atoms. The fourth-order valence-corrected chi connectivity index (χ4v) is 4.65. The van der Waals surface area contributed by atoms with E-state index in [2.05, 4.69) is 15.5 Å². The quantitative estimate of drug-likeness (QED) is 0.552. The van der Waals surface area contributed by atoms with E-state index < -0.39 is 0 Å². The number of carbonyl (C=O) groups is 1. The third kappa shape index (κ3) is 4.63. The maximum absolute atomic E-state index is 12.3. The van der Waals surface area contributed by atoms with Gasteiger partial charge >= 0.3 is 0 Å². The van der Waals surface area contributed by atoms with Crippen LogP contribution in [0.15, 0.2) is 46.9 Å². The van der Waals surface area contributed by atoms with Gasteiger partial charge in [0.05, 0.1) is 29.5 Å². The Bertz CT molecular complexity index is 953. The van der Waals surface area contributed by atoms with Crippen molar-refractivity contribution in [1.29, 1.82) is 0 Å². The van der Waals surface area contributed by atoms with Crippen molar-refractivity contribution in [2.45, 2.75) is 24.1 Å². The van der Waals surface area contributed by atoms with Crippen LogP contribution in [0.5, 0.6) is 5.75 Å². The van der Waals surface area contributed by atoms with E-state index in [0.717, 1.165) is 41.6 Å². The molecule has 0 bridgehead atoms. The normalized spacial score (nSPS) is 16.1. The van der Waals surface area contributed by atoms with E-state index in [-0.39, 0.29) is 17.8 Å². The topological polar surface area (TPSA) is 78.3 Å². The zero-order valence-corrected chi connectivity index (χ0v) is 17.7. The second kappa shape index (κ2) is 9.43. The summed E-state index contributed by atoms with van der Waals surface area (Å²) >= 11 is 2.95. The van der Waals surface area contributed by atoms with Crippen molar-refractivity contribution in [3.8, 4) is 22.1 Å². The Labute approximate surface area is 177 Å². The number of para-hydroxylation sites is 2. The highest BCUT2D eigenvalue weighted by Gasteiger charge is 2.21. The number of nitrogens with one attached hydrogen (secondary N) is 1. The summed E-state index contributed by atoms with van der Waals surface area (Å²) in [7, 11) is 1.64. The fourth-order valence-electron chi connectivity index (χ4n) is 3.17. The molecule has 1 aliphatic heterocycles. The van der Waals surface area contributed by atoms with Crippen molar-refractivity contribution < 1.29 is 14.3 Å². The van der Waals surface area contributed by atoms with Gasteiger partial charge in [0.1, 0.15) is 5.75 Å². The molecule has 0 spiro atoms. The lowest BCUT2D eigenvalue weighted by Crippen LogP contribution is -2.32. The highest BCUT2D eigenvalue weighted by Crippen LogP contribution is 2.33. The molecule has 3 aromatic rings. The van der Waals surface area contributed by atoms with Crippen LogP contribution < -0.4 is 10.1 Å². The number of thiophene rings is 1. The highest BCUT2D eigenvalue weighted by atomic mass is 32.2. The van der Waals surface area contributed by atoms with Gasteiger partial charge in [-0.25, -0.2) is 0 Å². The summed E-state index contributed by atoms with van der Waals surface area (Å²) in [6.07, 6.45) is 2.19. The van der Waals surface area contributed by atoms with Crippen LogP contribution in [0.4, 0.5) is 0 Å². The zero-order chi connectivity index (χ0) is 20.1. The lowest BCUT2D eigenvalue weighted by atomic mass is 10.2. The van der Waals surface area contributed by atoms with Crippen LogP contribution in [-0.4, -0.2) is 52.8 Å². The Balaban J connectivity index is 1.54. The third-order valence-electron chi connectivity index (χ3n) is 4.58. The number of rotatable bonds is 8. The molecule has 1 atom stereocenters. The molecular weight excluding hydrogens is 408 g/mol. The van der Waals surface area contributed by atoms with Gasteiger partial charge in [-0.15, -0.1) is 21.5 Å². The van der Waals surface area contributed by atoms with E-state index in [1.54, 1.807) is 18.4 Å². The number of thioether (sulfide) groups is 1. The second-order valence-corrected chi connectivity index (χ2v) is 8.41. The Morgan fingerprint density at radius 1 is 1.34 bits per heavy atom. The number of hydrogen-bond acceptors (Lipinski definition) is 7. The third-order valence-corrected chi connectivity index (χ3v) is 6.38. The molecule has 0 saturated carbocycles. The molecule has 0 radical (unpaired) electrons. The predicted octanol–water partition coefficient (Wildman–Crippen LogP) is 3.39. The first-order valence-electron chi connectivity index (χ1n) is 9.40. The number of ether oxygens (including phenoxy) is 2. The minimum atomic E-state index is -0.0437. The van der Waals surface area contributed by atoms with Crippen molar-refractivity contribution in [2.75, 3.05) is 26.0 Å². The number of amides is 1. The van der Waals surface area contributed by atoms with Gasteiger partial charge in [0.2, 0.25) is 5.91 Å². The van der Waals surface area contributed by atoms with Crippen molar-refractivity contribution in [3.63, 3.8) is 0 Å². The summed E-state index contributed by atoms with van der Waals surface area (Å²) in [5, 5.41) is 14.3. The molecule has 1 aromatic carbocycles. The average molecular weight is 431 g/mol. The van der Waals surface area contributed by atoms with E-state index >= 15 is 0 Å². The smallest absolute Gasteiger partial charge is 0.230 e. The zero-order valence-electron chi connectivity index (χ0n) is 16.0. The molecule has 1 fully saturated rings. The molecule has 9 heteroatoms. The number of hydrogen-bond donors (Lipinski definition) is 1. The Hall–Kier alpha value is -2.36. The van der Waals surface area contributed by atoms with Crippen LogP contribution in [0.2, 0.25) is 0 Å². The first kappa shape index (κ1) is 19.9. The Kier molecular flexibility index (Phi) is 6.48. The van der Waals surface area contributed by atoms with Crippen molar-refractivity contribution in [3.05, 3.63) is 41.8 Å². The molecular formula is C20H22N4O3S2. The minimum Gasteiger partial charge on any atom is -0.495 e. The Morgan fingerprint density at radius 2 is 2.24 bits per heavy atom. The van der Waals surface area contributed by atoms with Gasteiger partial charge in [-0.3, -0.25) is 9.36 Å². The summed E-state index contributed by atoms with van der Waals surface area (Å²) < 4.78 is 13.0. The molecule has 0 aliphatic carbocycles. The molecule has 1 unspecified atom stereocenters. The fraction of sp³-hybridized carbons (Fsp3) is 0.350. The lowest BCUT2D eigenvalue weighted by Gasteiger charge is -2.13. The van der Waals surface area contributed by atoms with Gasteiger partial charge in [0.15, 0.2) is 11.0 Å². The molecule has 3 heterocycles. The summed E-state index contributed by atoms with van der Waals surface area (Å²) in [5.41, 5.74) is 0.839. The highest BCUT2D eigenvalue weighted by molar-refractivity contribution is 7.99. The standard InChI is InChI=1S/C20H22N4O3S2/c1-26-16-8-3-2-7-15(16)24-19(17-9-5-11-28-17)22-23-20(24)29-13-18(25)21-12-14-6-4-10-27-14/h2-3,5,7-9,11,14H,4,6,10,12-13H2,1H3,(H,21,25). The first-order chi connectivity index (χ1) is 14.3. The van der Waals surface area contributed by atoms with Gasteiger partial charge in [-0.2, -0.15) is 0 Å². The maximum atomic E-state index is 12.3. The summed E-state index contributed by atoms with van der Waals surface area (Å²) in [6, 6.07) is 11.7. The van der Waals surface area contributed by atoms with E-state index in [4.69, 9.17) is 9.47 Å². The monoisotopic (exact) mass is 430 g/mol. The van der Waals surface area contributed by atoms with Crippen LogP contribution in [0, 0.1) is 0 Å². The molecule has 1 N–H and O–H groups in total. The van der Waals surface area contributed by atoms with Crippen LogP contribution in [0.1, 0.15) is 12.8 Å². The first-order valence-corrected chi connectivity index (χ1v) is 11.3. The molecule has 1 amide bonds. The Morgan fingerprint density at radius 3 is 3.00 bits per heavy atom. The molecule has 4 rings (SSSR count). The van der Waals surface area contributed by atoms with Gasteiger partial charge in [0.25, 0.3) is 0 Å². The van der Waals surface area contributed by atoms with E-state index in [9.17, 15) is 4.79 Å². The molecule has 1 saturated heterocycles. The van der Waals surface area contributed by atoms with Crippen molar-refractivity contribution in [2.24, 2.45) is 0 Å². The minimum absolute atomic E-state index is 0.0437. The van der Waals surface area contributed by atoms with Crippen LogP contribution in [-0.2, 0) is 9.53 Å². The lowest BCUT2D eigenvalue weighted by molar-refractivity contribution is -0.119. The van der Waals surface area contributed by atoms with E-state index in [1.165, 1.54) is 11.8 Å². The number of methoxy groups -OCH3 is 1. The van der Waals surface area contributed by atoms with Crippen molar-refractivity contribution >= 4 is 29.0 Å². The summed E-state index contributed by atoms with van der Waals surface area (Å²) in [5.74, 6) is 1.66. The summed E-state index contributed by atoms with van der Waals surface area (Å²) in [4.78, 5) is 13.3. The van der Waals surface area contributed by atoms with Crippen LogP contribution in [0.3, 0.4) is 0 Å². The molecule has 152 valence electrons. The number of aromatic nitrogens is 3.